The third-order valence-electron chi connectivity index (χ3n) is 4.48. The number of anilines is 1. The van der Waals surface area contributed by atoms with Gasteiger partial charge < -0.3 is 14.8 Å². The SMILES string of the molecule is COC(=O)c1cc(NC(=O)c2ccn(Cn3nc(C)c(Cl)c3C)n2)cc(C(=O)OC)c1. The third-order valence-corrected chi connectivity index (χ3v) is 5.03. The van der Waals surface area contributed by atoms with Crippen LogP contribution in [0.25, 0.3) is 0 Å². The highest BCUT2D eigenvalue weighted by Crippen LogP contribution is 2.19. The minimum Gasteiger partial charge on any atom is -0.465 e. The van der Waals surface area contributed by atoms with Gasteiger partial charge in [0.15, 0.2) is 5.69 Å². The normalized spacial score (nSPS) is 10.6. The van der Waals surface area contributed by atoms with Crippen LogP contribution in [0.3, 0.4) is 0 Å². The van der Waals surface area contributed by atoms with Gasteiger partial charge in [-0.05, 0) is 38.1 Å². The number of hydrogen-bond donors (Lipinski definition) is 1. The first-order chi connectivity index (χ1) is 14.7. The quantitative estimate of drug-likeness (QED) is 0.579. The molecule has 1 amide bonds. The standard InChI is InChI=1S/C20H20ClN5O5/c1-11-17(21)12(2)26(23-11)10-25-6-5-16(24-25)18(27)22-15-8-13(19(28)30-3)7-14(9-15)20(29)31-4/h5-9H,10H2,1-4H3,(H,22,27). The maximum Gasteiger partial charge on any atom is 0.337 e. The molecule has 3 aromatic rings. The Labute approximate surface area is 182 Å². The first-order valence-corrected chi connectivity index (χ1v) is 9.47. The summed E-state index contributed by atoms with van der Waals surface area (Å²) in [6.07, 6.45) is 1.63. The summed E-state index contributed by atoms with van der Waals surface area (Å²) in [5, 5.41) is 11.8. The van der Waals surface area contributed by atoms with E-state index in [1.165, 1.54) is 43.2 Å². The molecule has 31 heavy (non-hydrogen) atoms. The molecule has 162 valence electrons. The minimum absolute atomic E-state index is 0.0904. The van der Waals surface area contributed by atoms with Crippen LogP contribution in [0, 0.1) is 13.8 Å². The van der Waals surface area contributed by atoms with Crippen molar-refractivity contribution < 1.29 is 23.9 Å². The van der Waals surface area contributed by atoms with Crippen LogP contribution in [0.2, 0.25) is 5.02 Å². The third kappa shape index (κ3) is 4.75. The maximum absolute atomic E-state index is 12.6. The van der Waals surface area contributed by atoms with Crippen molar-refractivity contribution in [1.29, 1.82) is 0 Å². The topological polar surface area (TPSA) is 117 Å². The number of aromatic nitrogens is 4. The number of carbonyl (C=O) groups is 3. The summed E-state index contributed by atoms with van der Waals surface area (Å²) in [6, 6.07) is 5.64. The predicted molar refractivity (Wildman–Crippen MR) is 111 cm³/mol. The number of benzene rings is 1. The number of ether oxygens (including phenoxy) is 2. The Hall–Kier alpha value is -3.66. The van der Waals surface area contributed by atoms with Gasteiger partial charge in [-0.3, -0.25) is 9.48 Å². The molecule has 0 aliphatic carbocycles. The summed E-state index contributed by atoms with van der Waals surface area (Å²) in [5.74, 6) is -1.84. The fourth-order valence-corrected chi connectivity index (χ4v) is 3.01. The van der Waals surface area contributed by atoms with Gasteiger partial charge in [0.1, 0.15) is 6.67 Å². The summed E-state index contributed by atoms with van der Waals surface area (Å²) < 4.78 is 12.6. The Balaban J connectivity index is 1.80. The molecule has 1 aromatic carbocycles. The lowest BCUT2D eigenvalue weighted by Crippen LogP contribution is -2.16. The largest absolute Gasteiger partial charge is 0.465 e. The number of nitrogens with one attached hydrogen (secondary N) is 1. The van der Waals surface area contributed by atoms with Gasteiger partial charge in [0, 0.05) is 11.9 Å². The molecule has 10 nitrogen and oxygen atoms in total. The molecule has 0 bridgehead atoms. The first kappa shape index (κ1) is 22.0. The van der Waals surface area contributed by atoms with Gasteiger partial charge in [-0.25, -0.2) is 14.3 Å². The molecule has 0 atom stereocenters. The zero-order valence-electron chi connectivity index (χ0n) is 17.3. The minimum atomic E-state index is -0.658. The second-order valence-corrected chi connectivity index (χ2v) is 6.98. The number of nitrogens with zero attached hydrogens (tertiary/aromatic N) is 4. The van der Waals surface area contributed by atoms with Crippen molar-refractivity contribution in [3.05, 3.63) is 63.7 Å². The first-order valence-electron chi connectivity index (χ1n) is 9.09. The van der Waals surface area contributed by atoms with Crippen LogP contribution in [0.5, 0.6) is 0 Å². The molecule has 2 heterocycles. The van der Waals surface area contributed by atoms with Crippen LogP contribution >= 0.6 is 11.6 Å². The van der Waals surface area contributed by atoms with Gasteiger partial charge in [0.2, 0.25) is 0 Å². The molecule has 0 saturated carbocycles. The zero-order chi connectivity index (χ0) is 22.7. The van der Waals surface area contributed by atoms with Gasteiger partial charge in [-0.1, -0.05) is 11.6 Å². The lowest BCUT2D eigenvalue weighted by atomic mass is 10.1. The van der Waals surface area contributed by atoms with Crippen LogP contribution in [-0.2, 0) is 16.1 Å². The molecular formula is C20H20ClN5O5. The van der Waals surface area contributed by atoms with Crippen LogP contribution in [0.15, 0.2) is 30.5 Å². The summed E-state index contributed by atoms with van der Waals surface area (Å²) >= 11 is 6.16. The molecule has 0 aliphatic heterocycles. The van der Waals surface area contributed by atoms with E-state index in [-0.39, 0.29) is 29.2 Å². The number of esters is 2. The van der Waals surface area contributed by atoms with E-state index >= 15 is 0 Å². The average molecular weight is 446 g/mol. The molecule has 0 unspecified atom stereocenters. The van der Waals surface area contributed by atoms with Gasteiger partial charge in [0.05, 0.1) is 41.8 Å². The highest BCUT2D eigenvalue weighted by molar-refractivity contribution is 6.31. The summed E-state index contributed by atoms with van der Waals surface area (Å²) in [5.41, 5.74) is 2.02. The molecular weight excluding hydrogens is 426 g/mol. The number of aryl methyl sites for hydroxylation is 1. The van der Waals surface area contributed by atoms with E-state index in [0.717, 1.165) is 5.69 Å². The van der Waals surface area contributed by atoms with Gasteiger partial charge >= 0.3 is 11.9 Å². The lowest BCUT2D eigenvalue weighted by molar-refractivity contribution is 0.0599. The van der Waals surface area contributed by atoms with Crippen LogP contribution in [-0.4, -0.2) is 51.6 Å². The van der Waals surface area contributed by atoms with Crippen molar-refractivity contribution in [2.45, 2.75) is 20.5 Å². The molecule has 1 N–H and O–H groups in total. The van der Waals surface area contributed by atoms with Crippen LogP contribution in [0.4, 0.5) is 5.69 Å². The van der Waals surface area contributed by atoms with Crippen molar-refractivity contribution in [3.8, 4) is 0 Å². The zero-order valence-corrected chi connectivity index (χ0v) is 18.1. The monoisotopic (exact) mass is 445 g/mol. The summed E-state index contributed by atoms with van der Waals surface area (Å²) in [4.78, 5) is 36.4. The second kappa shape index (κ2) is 9.00. The Morgan fingerprint density at radius 1 is 1.03 bits per heavy atom. The van der Waals surface area contributed by atoms with Gasteiger partial charge in [-0.2, -0.15) is 10.2 Å². The molecule has 0 saturated heterocycles. The Morgan fingerprint density at radius 3 is 2.16 bits per heavy atom. The van der Waals surface area contributed by atoms with E-state index in [9.17, 15) is 14.4 Å². The molecule has 11 heteroatoms. The van der Waals surface area contributed by atoms with Gasteiger partial charge in [0.25, 0.3) is 5.91 Å². The maximum atomic E-state index is 12.6. The van der Waals surface area contributed by atoms with E-state index in [4.69, 9.17) is 21.1 Å². The number of rotatable bonds is 6. The van der Waals surface area contributed by atoms with Crippen molar-refractivity contribution in [2.75, 3.05) is 19.5 Å². The van der Waals surface area contributed by atoms with E-state index in [2.05, 4.69) is 15.5 Å². The lowest BCUT2D eigenvalue weighted by Gasteiger charge is -2.09. The van der Waals surface area contributed by atoms with Crippen molar-refractivity contribution in [2.24, 2.45) is 0 Å². The molecule has 2 aromatic heterocycles. The Kier molecular flexibility index (Phi) is 6.40. The van der Waals surface area contributed by atoms with Gasteiger partial charge in [-0.15, -0.1) is 0 Å². The smallest absolute Gasteiger partial charge is 0.337 e. The van der Waals surface area contributed by atoms with E-state index in [0.29, 0.717) is 10.7 Å². The molecule has 0 aliphatic rings. The number of methoxy groups -OCH3 is 2. The van der Waals surface area contributed by atoms with Crippen molar-refractivity contribution in [1.82, 2.24) is 19.6 Å². The number of halogens is 1. The Bertz CT molecular complexity index is 1130. The average Bonchev–Trinajstić information content (AvgIpc) is 3.33. The highest BCUT2D eigenvalue weighted by atomic mass is 35.5. The molecule has 0 fully saturated rings. The summed E-state index contributed by atoms with van der Waals surface area (Å²) in [7, 11) is 2.43. The number of hydrogen-bond acceptors (Lipinski definition) is 7. The second-order valence-electron chi connectivity index (χ2n) is 6.60. The predicted octanol–water partition coefficient (Wildman–Crippen LogP) is 2.68. The van der Waals surface area contributed by atoms with Crippen molar-refractivity contribution >= 4 is 35.1 Å². The molecule has 3 rings (SSSR count). The molecule has 0 radical (unpaired) electrons. The van der Waals surface area contributed by atoms with Crippen molar-refractivity contribution in [3.63, 3.8) is 0 Å². The van der Waals surface area contributed by atoms with E-state index < -0.39 is 17.8 Å². The fraction of sp³-hybridized carbons (Fsp3) is 0.250. The summed E-state index contributed by atoms with van der Waals surface area (Å²) in [6.45, 7) is 3.92. The Morgan fingerprint density at radius 2 is 1.65 bits per heavy atom. The highest BCUT2D eigenvalue weighted by Gasteiger charge is 2.17. The van der Waals surface area contributed by atoms with Crippen LogP contribution < -0.4 is 5.32 Å². The van der Waals surface area contributed by atoms with E-state index in [1.807, 2.05) is 6.92 Å². The van der Waals surface area contributed by atoms with E-state index in [1.54, 1.807) is 17.8 Å². The fourth-order valence-electron chi connectivity index (χ4n) is 2.88. The number of amides is 1. The van der Waals surface area contributed by atoms with Crippen LogP contribution in [0.1, 0.15) is 42.6 Å². The molecule has 0 spiro atoms. The number of carbonyl (C=O) groups excluding carboxylic acids is 3.